The van der Waals surface area contributed by atoms with Crippen LogP contribution in [0.15, 0.2) is 42.6 Å². The van der Waals surface area contributed by atoms with Gasteiger partial charge in [-0.25, -0.2) is 4.98 Å². The fourth-order valence-corrected chi connectivity index (χ4v) is 1.83. The fourth-order valence-electron chi connectivity index (χ4n) is 1.72. The molecule has 118 valence electrons. The number of halogens is 1. The second kappa shape index (κ2) is 7.37. The highest BCUT2D eigenvalue weighted by atomic mass is 35.5. The fraction of sp³-hybridized carbons (Fsp3) is 0.0667. The number of aromatic nitrogens is 1. The van der Waals surface area contributed by atoms with Gasteiger partial charge < -0.3 is 16.4 Å². The molecule has 0 saturated heterocycles. The third-order valence-electron chi connectivity index (χ3n) is 2.80. The molecule has 8 heteroatoms. The molecule has 1 aromatic heterocycles. The second-order valence-electron chi connectivity index (χ2n) is 4.55. The first-order chi connectivity index (χ1) is 11.0. The summed E-state index contributed by atoms with van der Waals surface area (Å²) in [7, 11) is 0. The Balaban J connectivity index is 2.07. The SMILES string of the molecule is NC(=O)CNC(=O)c1cccc(NC(=O)c2ccc(Cl)nc2)c1. The minimum absolute atomic E-state index is 0.258. The molecule has 0 radical (unpaired) electrons. The highest BCUT2D eigenvalue weighted by Crippen LogP contribution is 2.13. The topological polar surface area (TPSA) is 114 Å². The first-order valence-corrected chi connectivity index (χ1v) is 6.93. The van der Waals surface area contributed by atoms with E-state index in [0.717, 1.165) is 0 Å². The normalized spacial score (nSPS) is 9.96. The minimum atomic E-state index is -0.641. The molecular weight excluding hydrogens is 320 g/mol. The van der Waals surface area contributed by atoms with Gasteiger partial charge in [-0.15, -0.1) is 0 Å². The van der Waals surface area contributed by atoms with E-state index in [1.165, 1.54) is 24.4 Å². The van der Waals surface area contributed by atoms with Crippen molar-refractivity contribution in [3.63, 3.8) is 0 Å². The molecule has 0 unspecified atom stereocenters. The zero-order valence-corrected chi connectivity index (χ0v) is 12.6. The van der Waals surface area contributed by atoms with Crippen molar-refractivity contribution in [2.75, 3.05) is 11.9 Å². The Morgan fingerprint density at radius 3 is 2.52 bits per heavy atom. The molecular formula is C15H13ClN4O3. The second-order valence-corrected chi connectivity index (χ2v) is 4.94. The van der Waals surface area contributed by atoms with Crippen LogP contribution in [0.1, 0.15) is 20.7 Å². The van der Waals surface area contributed by atoms with Crippen molar-refractivity contribution in [1.29, 1.82) is 0 Å². The lowest BCUT2D eigenvalue weighted by molar-refractivity contribution is -0.117. The molecule has 0 bridgehead atoms. The molecule has 0 aliphatic heterocycles. The van der Waals surface area contributed by atoms with Gasteiger partial charge in [0.1, 0.15) is 5.15 Å². The van der Waals surface area contributed by atoms with Crippen LogP contribution in [-0.4, -0.2) is 29.3 Å². The molecule has 0 fully saturated rings. The van der Waals surface area contributed by atoms with Crippen LogP contribution in [0.4, 0.5) is 5.69 Å². The van der Waals surface area contributed by atoms with E-state index in [4.69, 9.17) is 17.3 Å². The van der Waals surface area contributed by atoms with E-state index in [0.29, 0.717) is 16.8 Å². The number of pyridine rings is 1. The monoisotopic (exact) mass is 332 g/mol. The van der Waals surface area contributed by atoms with Crippen LogP contribution in [-0.2, 0) is 4.79 Å². The van der Waals surface area contributed by atoms with E-state index >= 15 is 0 Å². The summed E-state index contributed by atoms with van der Waals surface area (Å²) in [6.45, 7) is -0.258. The maximum absolute atomic E-state index is 12.1. The quantitative estimate of drug-likeness (QED) is 0.714. The molecule has 1 heterocycles. The third-order valence-corrected chi connectivity index (χ3v) is 3.02. The van der Waals surface area contributed by atoms with Gasteiger partial charge in [0, 0.05) is 17.4 Å². The van der Waals surface area contributed by atoms with Crippen LogP contribution < -0.4 is 16.4 Å². The van der Waals surface area contributed by atoms with Crippen molar-refractivity contribution in [3.8, 4) is 0 Å². The van der Waals surface area contributed by atoms with Crippen molar-refractivity contribution in [1.82, 2.24) is 10.3 Å². The molecule has 0 aliphatic rings. The van der Waals surface area contributed by atoms with Gasteiger partial charge >= 0.3 is 0 Å². The number of nitrogens with two attached hydrogens (primary N) is 1. The predicted octanol–water partition coefficient (Wildman–Crippen LogP) is 1.20. The molecule has 1 aromatic carbocycles. The largest absolute Gasteiger partial charge is 0.368 e. The van der Waals surface area contributed by atoms with Crippen LogP contribution in [0.3, 0.4) is 0 Å². The average molecular weight is 333 g/mol. The maximum Gasteiger partial charge on any atom is 0.257 e. The third kappa shape index (κ3) is 4.79. The number of primary amides is 1. The molecule has 0 spiro atoms. The highest BCUT2D eigenvalue weighted by Gasteiger charge is 2.10. The summed E-state index contributed by atoms with van der Waals surface area (Å²) in [5, 5.41) is 5.30. The average Bonchev–Trinajstić information content (AvgIpc) is 2.53. The Kier molecular flexibility index (Phi) is 5.27. The first-order valence-electron chi connectivity index (χ1n) is 6.55. The number of hydrogen-bond acceptors (Lipinski definition) is 4. The number of nitrogens with zero attached hydrogens (tertiary/aromatic N) is 1. The molecule has 23 heavy (non-hydrogen) atoms. The molecule has 0 aliphatic carbocycles. The van der Waals surface area contributed by atoms with Crippen molar-refractivity contribution in [2.45, 2.75) is 0 Å². The summed E-state index contributed by atoms with van der Waals surface area (Å²) >= 11 is 5.66. The summed E-state index contributed by atoms with van der Waals surface area (Å²) in [4.78, 5) is 38.4. The Morgan fingerprint density at radius 2 is 1.87 bits per heavy atom. The van der Waals surface area contributed by atoms with Gasteiger partial charge in [-0.1, -0.05) is 17.7 Å². The highest BCUT2D eigenvalue weighted by molar-refractivity contribution is 6.29. The van der Waals surface area contributed by atoms with E-state index in [1.54, 1.807) is 18.2 Å². The van der Waals surface area contributed by atoms with Crippen molar-refractivity contribution < 1.29 is 14.4 Å². The van der Waals surface area contributed by atoms with Crippen LogP contribution in [0.5, 0.6) is 0 Å². The van der Waals surface area contributed by atoms with Gasteiger partial charge in [0.2, 0.25) is 5.91 Å². The molecule has 3 amide bonds. The predicted molar refractivity (Wildman–Crippen MR) is 85.2 cm³/mol. The standard InChI is InChI=1S/C15H13ClN4O3/c16-12-5-4-10(7-18-12)15(23)20-11-3-1-2-9(6-11)14(22)19-8-13(17)21/h1-7H,8H2,(H2,17,21)(H,19,22)(H,20,23). The molecule has 0 saturated carbocycles. The number of rotatable bonds is 5. The number of anilines is 1. The number of carbonyl (C=O) groups excluding carboxylic acids is 3. The van der Waals surface area contributed by atoms with Gasteiger partial charge in [-0.05, 0) is 30.3 Å². The Labute approximate surface area is 136 Å². The molecule has 7 nitrogen and oxygen atoms in total. The van der Waals surface area contributed by atoms with E-state index < -0.39 is 11.8 Å². The summed E-state index contributed by atoms with van der Waals surface area (Å²) in [5.74, 6) is -1.49. The molecule has 4 N–H and O–H groups in total. The van der Waals surface area contributed by atoms with Crippen LogP contribution in [0.25, 0.3) is 0 Å². The van der Waals surface area contributed by atoms with Crippen LogP contribution in [0, 0.1) is 0 Å². The summed E-state index contributed by atoms with van der Waals surface area (Å²) < 4.78 is 0. The first kappa shape index (κ1) is 16.4. The summed E-state index contributed by atoms with van der Waals surface area (Å²) in [6.07, 6.45) is 1.35. The summed E-state index contributed by atoms with van der Waals surface area (Å²) in [6, 6.07) is 9.31. The van der Waals surface area contributed by atoms with Crippen LogP contribution in [0.2, 0.25) is 5.15 Å². The lowest BCUT2D eigenvalue weighted by Crippen LogP contribution is -2.33. The Bertz CT molecular complexity index is 747. The van der Waals surface area contributed by atoms with Crippen molar-refractivity contribution in [3.05, 3.63) is 58.9 Å². The summed E-state index contributed by atoms with van der Waals surface area (Å²) in [5.41, 5.74) is 6.01. The van der Waals surface area contributed by atoms with Crippen molar-refractivity contribution >= 4 is 35.0 Å². The van der Waals surface area contributed by atoms with Gasteiger partial charge in [-0.2, -0.15) is 0 Å². The minimum Gasteiger partial charge on any atom is -0.368 e. The zero-order valence-electron chi connectivity index (χ0n) is 11.9. The van der Waals surface area contributed by atoms with Crippen molar-refractivity contribution in [2.24, 2.45) is 5.73 Å². The molecule has 2 aromatic rings. The van der Waals surface area contributed by atoms with E-state index in [-0.39, 0.29) is 17.6 Å². The lowest BCUT2D eigenvalue weighted by Gasteiger charge is -2.07. The number of nitrogens with one attached hydrogen (secondary N) is 2. The number of amides is 3. The van der Waals surface area contributed by atoms with E-state index in [1.807, 2.05) is 0 Å². The zero-order chi connectivity index (χ0) is 16.8. The number of benzene rings is 1. The van der Waals surface area contributed by atoms with Crippen LogP contribution >= 0.6 is 11.6 Å². The Hall–Kier alpha value is -2.93. The maximum atomic E-state index is 12.1. The van der Waals surface area contributed by atoms with E-state index in [9.17, 15) is 14.4 Å². The van der Waals surface area contributed by atoms with Gasteiger partial charge in [-0.3, -0.25) is 14.4 Å². The lowest BCUT2D eigenvalue weighted by atomic mass is 10.1. The van der Waals surface area contributed by atoms with Gasteiger partial charge in [0.15, 0.2) is 0 Å². The number of hydrogen-bond donors (Lipinski definition) is 3. The Morgan fingerprint density at radius 1 is 1.09 bits per heavy atom. The number of carbonyl (C=O) groups is 3. The smallest absolute Gasteiger partial charge is 0.257 e. The van der Waals surface area contributed by atoms with Gasteiger partial charge in [0.25, 0.3) is 11.8 Å². The van der Waals surface area contributed by atoms with Gasteiger partial charge in [0.05, 0.1) is 12.1 Å². The van der Waals surface area contributed by atoms with E-state index in [2.05, 4.69) is 15.6 Å². The molecule has 2 rings (SSSR count). The molecule has 0 atom stereocenters.